The van der Waals surface area contributed by atoms with Crippen molar-refractivity contribution in [2.45, 2.75) is 0 Å². The molecule has 9 nitrogen and oxygen atoms in total. The Hall–Kier alpha value is -3.62. The summed E-state index contributed by atoms with van der Waals surface area (Å²) in [6, 6.07) is 8.47. The maximum atomic E-state index is 12.3. The zero-order chi connectivity index (χ0) is 19.0. The smallest absolute Gasteiger partial charge is 0.374 e. The van der Waals surface area contributed by atoms with Crippen LogP contribution in [0.4, 0.5) is 5.82 Å². The van der Waals surface area contributed by atoms with Crippen LogP contribution in [-0.2, 0) is 18.8 Å². The van der Waals surface area contributed by atoms with E-state index < -0.39 is 35.2 Å². The molecule has 0 aliphatic carbocycles. The lowest BCUT2D eigenvalue weighted by Crippen LogP contribution is -2.42. The average molecular weight is 357 g/mol. The molecule has 0 atom stereocenters. The van der Waals surface area contributed by atoms with Crippen molar-refractivity contribution in [2.24, 2.45) is 14.1 Å². The molecule has 0 aliphatic heterocycles. The lowest BCUT2D eigenvalue weighted by Gasteiger charge is -2.10. The van der Waals surface area contributed by atoms with Crippen LogP contribution in [0.2, 0.25) is 0 Å². The minimum atomic E-state index is -0.852. The SMILES string of the molecule is Cn1c(N)c(C(=O)COC(=O)c2cc3ccccc3o2)c(=O)n(C)c1=O. The number of ether oxygens (including phenoxy) is 1. The number of furan rings is 1. The predicted molar refractivity (Wildman–Crippen MR) is 92.2 cm³/mol. The molecule has 0 aliphatic rings. The van der Waals surface area contributed by atoms with Gasteiger partial charge in [0, 0.05) is 19.5 Å². The van der Waals surface area contributed by atoms with Crippen LogP contribution in [0.1, 0.15) is 20.9 Å². The van der Waals surface area contributed by atoms with Crippen LogP contribution in [0.15, 0.2) is 44.3 Å². The fourth-order valence-corrected chi connectivity index (χ4v) is 2.48. The highest BCUT2D eigenvalue weighted by molar-refractivity contribution is 6.02. The maximum absolute atomic E-state index is 12.3. The Kier molecular flexibility index (Phi) is 4.21. The molecule has 0 saturated carbocycles. The van der Waals surface area contributed by atoms with Crippen molar-refractivity contribution < 1.29 is 18.7 Å². The lowest BCUT2D eigenvalue weighted by atomic mass is 10.2. The van der Waals surface area contributed by atoms with Crippen molar-refractivity contribution in [1.82, 2.24) is 9.13 Å². The molecule has 0 spiro atoms. The van der Waals surface area contributed by atoms with Crippen LogP contribution in [0.25, 0.3) is 11.0 Å². The normalized spacial score (nSPS) is 10.8. The number of carbonyl (C=O) groups is 2. The number of hydrogen-bond donors (Lipinski definition) is 1. The summed E-state index contributed by atoms with van der Waals surface area (Å²) in [5, 5.41) is 0.710. The average Bonchev–Trinajstić information content (AvgIpc) is 3.07. The van der Waals surface area contributed by atoms with Gasteiger partial charge in [-0.3, -0.25) is 18.7 Å². The Balaban J connectivity index is 1.82. The quantitative estimate of drug-likeness (QED) is 0.530. The summed E-state index contributed by atoms with van der Waals surface area (Å²) in [5.74, 6) is -2.03. The number of hydrogen-bond acceptors (Lipinski definition) is 7. The second-order valence-electron chi connectivity index (χ2n) is 5.61. The van der Waals surface area contributed by atoms with E-state index in [0.29, 0.717) is 11.0 Å². The summed E-state index contributed by atoms with van der Waals surface area (Å²) in [4.78, 5) is 48.2. The highest BCUT2D eigenvalue weighted by Crippen LogP contribution is 2.19. The molecule has 3 aromatic rings. The van der Waals surface area contributed by atoms with Gasteiger partial charge in [0.2, 0.25) is 11.5 Å². The fraction of sp³-hybridized carbons (Fsp3) is 0.176. The third kappa shape index (κ3) is 2.79. The first-order chi connectivity index (χ1) is 12.3. The van der Waals surface area contributed by atoms with E-state index in [9.17, 15) is 19.2 Å². The zero-order valence-electron chi connectivity index (χ0n) is 14.0. The molecule has 0 bridgehead atoms. The van der Waals surface area contributed by atoms with E-state index in [1.165, 1.54) is 20.2 Å². The minimum Gasteiger partial charge on any atom is -0.451 e. The summed E-state index contributed by atoms with van der Waals surface area (Å²) >= 11 is 0. The monoisotopic (exact) mass is 357 g/mol. The summed E-state index contributed by atoms with van der Waals surface area (Å²) in [6.07, 6.45) is 0. The number of benzene rings is 1. The van der Waals surface area contributed by atoms with Crippen LogP contribution >= 0.6 is 0 Å². The first-order valence-electron chi connectivity index (χ1n) is 7.55. The van der Waals surface area contributed by atoms with E-state index in [2.05, 4.69) is 0 Å². The second-order valence-corrected chi connectivity index (χ2v) is 5.61. The molecular weight excluding hydrogens is 342 g/mol. The predicted octanol–water partition coefficient (Wildman–Crippen LogP) is 0.452. The van der Waals surface area contributed by atoms with Crippen LogP contribution in [0.3, 0.4) is 0 Å². The Morgan fingerprint density at radius 2 is 1.85 bits per heavy atom. The molecule has 0 amide bonds. The Labute approximate surface area is 146 Å². The number of fused-ring (bicyclic) bond motifs is 1. The van der Waals surface area contributed by atoms with E-state index >= 15 is 0 Å². The van der Waals surface area contributed by atoms with Crippen LogP contribution in [0.5, 0.6) is 0 Å². The molecule has 3 rings (SSSR count). The number of nitrogens with zero attached hydrogens (tertiary/aromatic N) is 2. The number of carbonyl (C=O) groups excluding carboxylic acids is 2. The van der Waals surface area contributed by atoms with Crippen molar-refractivity contribution in [3.63, 3.8) is 0 Å². The van der Waals surface area contributed by atoms with E-state index in [1.807, 2.05) is 0 Å². The van der Waals surface area contributed by atoms with E-state index in [1.54, 1.807) is 24.3 Å². The third-order valence-corrected chi connectivity index (χ3v) is 3.95. The van der Waals surface area contributed by atoms with E-state index in [0.717, 1.165) is 9.13 Å². The Morgan fingerprint density at radius 3 is 2.54 bits per heavy atom. The summed E-state index contributed by atoms with van der Waals surface area (Å²) in [6.45, 7) is -0.715. The van der Waals surface area contributed by atoms with Gasteiger partial charge in [0.05, 0.1) is 0 Å². The van der Waals surface area contributed by atoms with Gasteiger partial charge in [0.25, 0.3) is 5.56 Å². The summed E-state index contributed by atoms with van der Waals surface area (Å²) in [7, 11) is 2.55. The first-order valence-corrected chi connectivity index (χ1v) is 7.55. The largest absolute Gasteiger partial charge is 0.451 e. The number of para-hydroxylation sites is 1. The van der Waals surface area contributed by atoms with Gasteiger partial charge in [-0.15, -0.1) is 0 Å². The van der Waals surface area contributed by atoms with E-state index in [4.69, 9.17) is 14.9 Å². The van der Waals surface area contributed by atoms with Crippen molar-refractivity contribution in [3.05, 3.63) is 62.5 Å². The highest BCUT2D eigenvalue weighted by atomic mass is 16.5. The molecule has 2 heterocycles. The Bertz CT molecular complexity index is 1120. The number of anilines is 1. The molecule has 0 fully saturated rings. The third-order valence-electron chi connectivity index (χ3n) is 3.95. The maximum Gasteiger partial charge on any atom is 0.374 e. The Morgan fingerprint density at radius 1 is 1.15 bits per heavy atom. The molecular formula is C17H15N3O6. The molecule has 0 unspecified atom stereocenters. The highest BCUT2D eigenvalue weighted by Gasteiger charge is 2.22. The van der Waals surface area contributed by atoms with Crippen molar-refractivity contribution in [1.29, 1.82) is 0 Å². The van der Waals surface area contributed by atoms with Gasteiger partial charge in [-0.05, 0) is 12.1 Å². The number of ketones is 1. The summed E-state index contributed by atoms with van der Waals surface area (Å²) in [5.41, 5.74) is 4.27. The number of Topliss-reactive ketones (excluding diaryl/α,β-unsaturated/α-hetero) is 1. The molecule has 0 saturated heterocycles. The van der Waals surface area contributed by atoms with Gasteiger partial charge in [0.1, 0.15) is 17.0 Å². The van der Waals surface area contributed by atoms with E-state index in [-0.39, 0.29) is 11.6 Å². The molecule has 2 aromatic heterocycles. The first kappa shape index (κ1) is 17.2. The van der Waals surface area contributed by atoms with Crippen LogP contribution < -0.4 is 17.0 Å². The number of nitrogen functional groups attached to an aromatic ring is 1. The molecule has 9 heteroatoms. The zero-order valence-corrected chi connectivity index (χ0v) is 14.0. The molecule has 2 N–H and O–H groups in total. The number of esters is 1. The van der Waals surface area contributed by atoms with Crippen molar-refractivity contribution >= 4 is 28.5 Å². The minimum absolute atomic E-state index is 0.0691. The molecule has 1 aromatic carbocycles. The van der Waals surface area contributed by atoms with Gasteiger partial charge in [-0.1, -0.05) is 18.2 Å². The van der Waals surface area contributed by atoms with Crippen LogP contribution in [0, 0.1) is 0 Å². The lowest BCUT2D eigenvalue weighted by molar-refractivity contribution is 0.0445. The van der Waals surface area contributed by atoms with Crippen molar-refractivity contribution in [2.75, 3.05) is 12.3 Å². The standard InChI is InChI=1S/C17H15N3O6/c1-19-14(18)13(15(22)20(2)17(19)24)10(21)8-25-16(23)12-7-9-5-3-4-6-11(9)26-12/h3-7H,8,18H2,1-2H3. The van der Waals surface area contributed by atoms with Gasteiger partial charge >= 0.3 is 11.7 Å². The summed E-state index contributed by atoms with van der Waals surface area (Å²) < 4.78 is 12.0. The van der Waals surface area contributed by atoms with Gasteiger partial charge < -0.3 is 14.9 Å². The van der Waals surface area contributed by atoms with Gasteiger partial charge in [-0.2, -0.15) is 0 Å². The molecule has 0 radical (unpaired) electrons. The number of aromatic nitrogens is 2. The van der Waals surface area contributed by atoms with Gasteiger partial charge in [0.15, 0.2) is 6.61 Å². The van der Waals surface area contributed by atoms with Crippen molar-refractivity contribution in [3.8, 4) is 0 Å². The van der Waals surface area contributed by atoms with Gasteiger partial charge in [-0.25, -0.2) is 9.59 Å². The fourth-order valence-electron chi connectivity index (χ4n) is 2.48. The second kappa shape index (κ2) is 6.36. The molecule has 26 heavy (non-hydrogen) atoms. The molecule has 134 valence electrons. The number of nitrogens with two attached hydrogens (primary N) is 1. The topological polar surface area (TPSA) is 127 Å². The number of rotatable bonds is 4. The van der Waals surface area contributed by atoms with Crippen LogP contribution in [-0.4, -0.2) is 27.5 Å².